The van der Waals surface area contributed by atoms with Gasteiger partial charge in [0, 0.05) is 13.2 Å². The second kappa shape index (κ2) is 4.85. The number of aliphatic hydroxyl groups excluding tert-OH is 1. The van der Waals surface area contributed by atoms with E-state index in [1.165, 1.54) is 0 Å². The quantitative estimate of drug-likeness (QED) is 0.694. The number of aromatic nitrogens is 3. The number of nitrogens with zero attached hydrogens (tertiary/aromatic N) is 3. The Balaban J connectivity index is 2.67. The average Bonchev–Trinajstić information content (AvgIpc) is 2.48. The molecule has 1 aromatic heterocycles. The first-order valence-electron chi connectivity index (χ1n) is 4.65. The third-order valence-corrected chi connectivity index (χ3v) is 2.24. The lowest BCUT2D eigenvalue weighted by molar-refractivity contribution is 0.111. The number of rotatable bonds is 5. The largest absolute Gasteiger partial charge is 0.396 e. The summed E-state index contributed by atoms with van der Waals surface area (Å²) in [6, 6.07) is 0. The fourth-order valence-corrected chi connectivity index (χ4v) is 1.26. The highest BCUT2D eigenvalue weighted by Gasteiger charge is 2.09. The van der Waals surface area contributed by atoms with Crippen LogP contribution in [0, 0.1) is 12.8 Å². The van der Waals surface area contributed by atoms with Gasteiger partial charge in [-0.1, -0.05) is 12.1 Å². The molecule has 1 rings (SSSR count). The van der Waals surface area contributed by atoms with Crippen LogP contribution in [-0.2, 0) is 6.54 Å². The standard InChI is InChI=1S/C9H15N3O2/c1-7(3-4-13)5-12-8(2)9(6-14)10-11-12/h6-7,13H,3-5H2,1-2H3. The predicted octanol–water partition coefficient (Wildman–Crippen LogP) is 0.418. The molecule has 0 aliphatic carbocycles. The van der Waals surface area contributed by atoms with E-state index in [0.717, 1.165) is 12.1 Å². The van der Waals surface area contributed by atoms with Gasteiger partial charge in [0.05, 0.1) is 5.69 Å². The molecule has 0 aliphatic rings. The van der Waals surface area contributed by atoms with Gasteiger partial charge in [-0.25, -0.2) is 4.68 Å². The van der Waals surface area contributed by atoms with E-state index in [9.17, 15) is 4.79 Å². The highest BCUT2D eigenvalue weighted by Crippen LogP contribution is 2.07. The van der Waals surface area contributed by atoms with Crippen molar-refractivity contribution in [2.24, 2.45) is 5.92 Å². The van der Waals surface area contributed by atoms with Gasteiger partial charge in [0.1, 0.15) is 5.69 Å². The zero-order chi connectivity index (χ0) is 10.6. The fourth-order valence-electron chi connectivity index (χ4n) is 1.26. The molecule has 5 nitrogen and oxygen atoms in total. The Morgan fingerprint density at radius 1 is 1.64 bits per heavy atom. The lowest BCUT2D eigenvalue weighted by atomic mass is 10.1. The second-order valence-electron chi connectivity index (χ2n) is 3.48. The Hall–Kier alpha value is -1.23. The maximum Gasteiger partial charge on any atom is 0.172 e. The molecule has 0 radical (unpaired) electrons. The van der Waals surface area contributed by atoms with E-state index in [1.807, 2.05) is 13.8 Å². The van der Waals surface area contributed by atoms with E-state index in [0.29, 0.717) is 24.4 Å². The molecule has 1 unspecified atom stereocenters. The van der Waals surface area contributed by atoms with Crippen LogP contribution in [0.2, 0.25) is 0 Å². The fraction of sp³-hybridized carbons (Fsp3) is 0.667. The molecule has 5 heteroatoms. The Kier molecular flexibility index (Phi) is 3.76. The van der Waals surface area contributed by atoms with Crippen molar-refractivity contribution in [1.29, 1.82) is 0 Å². The molecular weight excluding hydrogens is 182 g/mol. The number of hydrogen-bond acceptors (Lipinski definition) is 4. The molecule has 0 bridgehead atoms. The van der Waals surface area contributed by atoms with Gasteiger partial charge in [-0.05, 0) is 19.3 Å². The lowest BCUT2D eigenvalue weighted by Gasteiger charge is -2.09. The van der Waals surface area contributed by atoms with Crippen LogP contribution >= 0.6 is 0 Å². The first-order chi connectivity index (χ1) is 6.69. The van der Waals surface area contributed by atoms with E-state index in [-0.39, 0.29) is 6.61 Å². The van der Waals surface area contributed by atoms with Crippen molar-refractivity contribution < 1.29 is 9.90 Å². The minimum absolute atomic E-state index is 0.176. The summed E-state index contributed by atoms with van der Waals surface area (Å²) < 4.78 is 1.70. The summed E-state index contributed by atoms with van der Waals surface area (Å²) in [5.74, 6) is 0.333. The highest BCUT2D eigenvalue weighted by atomic mass is 16.3. The first kappa shape index (κ1) is 10.8. The van der Waals surface area contributed by atoms with Crippen LogP contribution in [0.25, 0.3) is 0 Å². The summed E-state index contributed by atoms with van der Waals surface area (Å²) in [5.41, 5.74) is 1.17. The van der Waals surface area contributed by atoms with Crippen LogP contribution < -0.4 is 0 Å². The summed E-state index contributed by atoms with van der Waals surface area (Å²) in [5, 5.41) is 16.3. The number of aliphatic hydroxyl groups is 1. The molecule has 78 valence electrons. The molecule has 1 atom stereocenters. The Morgan fingerprint density at radius 3 is 2.86 bits per heavy atom. The first-order valence-corrected chi connectivity index (χ1v) is 4.65. The molecule has 1 N–H and O–H groups in total. The van der Waals surface area contributed by atoms with E-state index in [2.05, 4.69) is 10.3 Å². The van der Waals surface area contributed by atoms with Crippen LogP contribution in [0.1, 0.15) is 29.5 Å². The van der Waals surface area contributed by atoms with E-state index in [1.54, 1.807) is 4.68 Å². The predicted molar refractivity (Wildman–Crippen MR) is 51.0 cm³/mol. The van der Waals surface area contributed by atoms with Gasteiger partial charge in [0.15, 0.2) is 6.29 Å². The molecule has 0 fully saturated rings. The van der Waals surface area contributed by atoms with Crippen molar-refractivity contribution >= 4 is 6.29 Å². The van der Waals surface area contributed by atoms with Crippen molar-refractivity contribution in [3.8, 4) is 0 Å². The number of hydrogen-bond donors (Lipinski definition) is 1. The van der Waals surface area contributed by atoms with E-state index in [4.69, 9.17) is 5.11 Å². The number of carbonyl (C=O) groups is 1. The summed E-state index contributed by atoms with van der Waals surface area (Å²) in [7, 11) is 0. The Morgan fingerprint density at radius 2 is 2.36 bits per heavy atom. The van der Waals surface area contributed by atoms with E-state index < -0.39 is 0 Å². The maximum atomic E-state index is 10.5. The molecule has 0 spiro atoms. The smallest absolute Gasteiger partial charge is 0.172 e. The van der Waals surface area contributed by atoms with Gasteiger partial charge >= 0.3 is 0 Å². The molecule has 0 saturated carbocycles. The molecule has 0 amide bonds. The van der Waals surface area contributed by atoms with Gasteiger partial charge in [-0.3, -0.25) is 4.79 Å². The van der Waals surface area contributed by atoms with Crippen molar-refractivity contribution in [1.82, 2.24) is 15.0 Å². The number of carbonyl (C=O) groups excluding carboxylic acids is 1. The molecular formula is C9H15N3O2. The summed E-state index contributed by atoms with van der Waals surface area (Å²) in [4.78, 5) is 10.5. The van der Waals surface area contributed by atoms with Crippen molar-refractivity contribution in [3.63, 3.8) is 0 Å². The van der Waals surface area contributed by atoms with Gasteiger partial charge in [-0.15, -0.1) is 5.10 Å². The zero-order valence-corrected chi connectivity index (χ0v) is 8.47. The van der Waals surface area contributed by atoms with Crippen LogP contribution in [0.15, 0.2) is 0 Å². The molecule has 0 aliphatic heterocycles. The minimum Gasteiger partial charge on any atom is -0.396 e. The zero-order valence-electron chi connectivity index (χ0n) is 8.47. The third kappa shape index (κ3) is 2.38. The molecule has 1 aromatic rings. The average molecular weight is 197 g/mol. The maximum absolute atomic E-state index is 10.5. The normalized spacial score (nSPS) is 12.8. The van der Waals surface area contributed by atoms with Crippen molar-refractivity contribution in [3.05, 3.63) is 11.4 Å². The van der Waals surface area contributed by atoms with Crippen LogP contribution in [0.4, 0.5) is 0 Å². The molecule has 1 heterocycles. The molecule has 0 saturated heterocycles. The van der Waals surface area contributed by atoms with Crippen LogP contribution in [0.5, 0.6) is 0 Å². The van der Waals surface area contributed by atoms with Crippen molar-refractivity contribution in [2.75, 3.05) is 6.61 Å². The van der Waals surface area contributed by atoms with Crippen LogP contribution in [-0.4, -0.2) is 33.0 Å². The lowest BCUT2D eigenvalue weighted by Crippen LogP contribution is -2.12. The second-order valence-corrected chi connectivity index (χ2v) is 3.48. The minimum atomic E-state index is 0.176. The van der Waals surface area contributed by atoms with Gasteiger partial charge in [0.2, 0.25) is 0 Å². The molecule has 14 heavy (non-hydrogen) atoms. The monoisotopic (exact) mass is 197 g/mol. The Bertz CT molecular complexity index is 309. The van der Waals surface area contributed by atoms with Crippen molar-refractivity contribution in [2.45, 2.75) is 26.8 Å². The Labute approximate surface area is 82.7 Å². The summed E-state index contributed by atoms with van der Waals surface area (Å²) >= 11 is 0. The third-order valence-electron chi connectivity index (χ3n) is 2.24. The van der Waals surface area contributed by atoms with E-state index >= 15 is 0 Å². The number of aldehydes is 1. The highest BCUT2D eigenvalue weighted by molar-refractivity contribution is 5.72. The van der Waals surface area contributed by atoms with Crippen LogP contribution in [0.3, 0.4) is 0 Å². The SMILES string of the molecule is Cc1c(C=O)nnn1CC(C)CCO. The van der Waals surface area contributed by atoms with Gasteiger partial charge in [0.25, 0.3) is 0 Å². The topological polar surface area (TPSA) is 68.0 Å². The summed E-state index contributed by atoms with van der Waals surface area (Å²) in [6.45, 7) is 4.70. The van der Waals surface area contributed by atoms with Gasteiger partial charge < -0.3 is 5.11 Å². The van der Waals surface area contributed by atoms with Gasteiger partial charge in [-0.2, -0.15) is 0 Å². The molecule has 0 aromatic carbocycles. The summed E-state index contributed by atoms with van der Waals surface area (Å²) in [6.07, 6.45) is 1.44.